The highest BCUT2D eigenvalue weighted by Crippen LogP contribution is 2.39. The number of hydrogen-bond donors (Lipinski definition) is 1. The summed E-state index contributed by atoms with van der Waals surface area (Å²) in [5.74, 6) is -0.717. The first-order valence-corrected chi connectivity index (χ1v) is 10.6. The lowest BCUT2D eigenvalue weighted by atomic mass is 10.1. The summed E-state index contributed by atoms with van der Waals surface area (Å²) in [7, 11) is 0. The van der Waals surface area contributed by atoms with E-state index >= 15 is 0 Å². The molecule has 30 heavy (non-hydrogen) atoms. The second-order valence-electron chi connectivity index (χ2n) is 6.20. The number of carbonyl (C=O) groups is 2. The predicted octanol–water partition coefficient (Wildman–Crippen LogP) is 4.60. The fraction of sp³-hybridized carbons (Fsp3) is 0.190. The first kappa shape index (κ1) is 22.1. The predicted molar refractivity (Wildman–Crippen MR) is 121 cm³/mol. The lowest BCUT2D eigenvalue weighted by Crippen LogP contribution is -2.33. The van der Waals surface area contributed by atoms with E-state index in [-0.39, 0.29) is 4.32 Å². The Kier molecular flexibility index (Phi) is 7.36. The fourth-order valence-corrected chi connectivity index (χ4v) is 4.26. The van der Waals surface area contributed by atoms with Gasteiger partial charge in [-0.25, -0.2) is 0 Å². The quantitative estimate of drug-likeness (QED) is 0.452. The van der Waals surface area contributed by atoms with E-state index in [9.17, 15) is 9.59 Å². The number of rotatable bonds is 8. The summed E-state index contributed by atoms with van der Waals surface area (Å²) in [6.07, 6.45) is 1.61. The molecule has 1 heterocycles. The van der Waals surface area contributed by atoms with Gasteiger partial charge in [-0.3, -0.25) is 14.5 Å². The number of halogens is 1. The Balaban J connectivity index is 1.86. The third-order valence-electron chi connectivity index (χ3n) is 4.02. The molecule has 156 valence electrons. The van der Waals surface area contributed by atoms with Gasteiger partial charge in [0.15, 0.2) is 11.5 Å². The van der Waals surface area contributed by atoms with Gasteiger partial charge < -0.3 is 14.6 Å². The van der Waals surface area contributed by atoms with Gasteiger partial charge in [0, 0.05) is 0 Å². The zero-order valence-corrected chi connectivity index (χ0v) is 18.4. The molecule has 0 unspecified atom stereocenters. The Morgan fingerprint density at radius 2 is 2.00 bits per heavy atom. The van der Waals surface area contributed by atoms with Gasteiger partial charge in [-0.05, 0) is 36.3 Å². The van der Waals surface area contributed by atoms with Crippen LogP contribution in [-0.2, 0) is 16.2 Å². The molecule has 1 aliphatic rings. The fourth-order valence-electron chi connectivity index (χ4n) is 2.73. The maximum atomic E-state index is 12.5. The molecule has 2 aromatic carbocycles. The van der Waals surface area contributed by atoms with Gasteiger partial charge in [-0.15, -0.1) is 0 Å². The first-order chi connectivity index (χ1) is 14.4. The minimum atomic E-state index is -1.13. The van der Waals surface area contributed by atoms with Crippen molar-refractivity contribution in [1.29, 1.82) is 0 Å². The van der Waals surface area contributed by atoms with Gasteiger partial charge in [-0.2, -0.15) is 0 Å². The van der Waals surface area contributed by atoms with Crippen molar-refractivity contribution in [2.45, 2.75) is 13.5 Å². The Hall–Kier alpha value is -2.55. The van der Waals surface area contributed by atoms with Gasteiger partial charge in [-0.1, -0.05) is 65.9 Å². The van der Waals surface area contributed by atoms with Crippen LogP contribution in [0.4, 0.5) is 0 Å². The molecule has 0 atom stereocenters. The first-order valence-electron chi connectivity index (χ1n) is 8.99. The smallest absolute Gasteiger partial charge is 0.323 e. The number of aliphatic carboxylic acids is 1. The van der Waals surface area contributed by atoms with Crippen molar-refractivity contribution in [1.82, 2.24) is 4.90 Å². The van der Waals surface area contributed by atoms with Crippen LogP contribution in [0.5, 0.6) is 11.5 Å². The molecule has 9 heteroatoms. The molecule has 1 saturated heterocycles. The van der Waals surface area contributed by atoms with Crippen molar-refractivity contribution < 1.29 is 24.2 Å². The molecule has 6 nitrogen and oxygen atoms in total. The molecule has 1 fully saturated rings. The molecular formula is C21H18ClNO5S2. The maximum absolute atomic E-state index is 12.5. The SMILES string of the molecule is CCOc1cc(/C=C2/SC(=S)N(CC(=O)O)C2=O)cc(Cl)c1OCc1ccccc1. The third-order valence-corrected chi connectivity index (χ3v) is 5.68. The normalized spacial score (nSPS) is 15.0. The van der Waals surface area contributed by atoms with Gasteiger partial charge >= 0.3 is 5.97 Å². The van der Waals surface area contributed by atoms with E-state index < -0.39 is 18.4 Å². The van der Waals surface area contributed by atoms with E-state index in [1.165, 1.54) is 0 Å². The number of carboxylic acid groups (broad SMARTS) is 1. The van der Waals surface area contributed by atoms with Gasteiger partial charge in [0.05, 0.1) is 16.5 Å². The van der Waals surface area contributed by atoms with Crippen LogP contribution < -0.4 is 9.47 Å². The molecule has 2 aromatic rings. The van der Waals surface area contributed by atoms with Gasteiger partial charge in [0.2, 0.25) is 0 Å². The van der Waals surface area contributed by atoms with Crippen molar-refractivity contribution in [2.24, 2.45) is 0 Å². The Bertz CT molecular complexity index is 1010. The van der Waals surface area contributed by atoms with Crippen molar-refractivity contribution in [3.05, 3.63) is 63.5 Å². The Morgan fingerprint density at radius 1 is 1.27 bits per heavy atom. The average molecular weight is 464 g/mol. The number of ether oxygens (including phenoxy) is 2. The molecule has 1 aliphatic heterocycles. The lowest BCUT2D eigenvalue weighted by Gasteiger charge is -2.15. The molecule has 0 bridgehead atoms. The lowest BCUT2D eigenvalue weighted by molar-refractivity contribution is -0.140. The maximum Gasteiger partial charge on any atom is 0.323 e. The number of carboxylic acids is 1. The minimum absolute atomic E-state index is 0.201. The van der Waals surface area contributed by atoms with Gasteiger partial charge in [0.1, 0.15) is 17.5 Å². The van der Waals surface area contributed by atoms with E-state index in [2.05, 4.69) is 0 Å². The summed E-state index contributed by atoms with van der Waals surface area (Å²) in [6.45, 7) is 2.10. The number of nitrogens with zero attached hydrogens (tertiary/aromatic N) is 1. The Morgan fingerprint density at radius 3 is 2.67 bits per heavy atom. The van der Waals surface area contributed by atoms with Crippen LogP contribution in [0.3, 0.4) is 0 Å². The van der Waals surface area contributed by atoms with Crippen LogP contribution in [0.25, 0.3) is 6.08 Å². The number of benzene rings is 2. The van der Waals surface area contributed by atoms with Crippen molar-refractivity contribution in [3.63, 3.8) is 0 Å². The third kappa shape index (κ3) is 5.33. The monoisotopic (exact) mass is 463 g/mol. The van der Waals surface area contributed by atoms with Gasteiger partial charge in [0.25, 0.3) is 5.91 Å². The molecule has 0 saturated carbocycles. The molecule has 0 aromatic heterocycles. The second-order valence-corrected chi connectivity index (χ2v) is 8.28. The number of thiocarbonyl (C=S) groups is 1. The minimum Gasteiger partial charge on any atom is -0.490 e. The topological polar surface area (TPSA) is 76.1 Å². The molecular weight excluding hydrogens is 446 g/mol. The standard InChI is InChI=1S/C21H18ClNO5S2/c1-2-27-16-9-14(10-17-20(26)23(11-18(24)25)21(29)30-17)8-15(22)19(16)28-12-13-6-4-3-5-7-13/h3-10H,2,11-12H2,1H3,(H,24,25)/b17-10+. The zero-order valence-electron chi connectivity index (χ0n) is 16.0. The van der Waals surface area contributed by atoms with Crippen LogP contribution in [0.1, 0.15) is 18.1 Å². The molecule has 0 aliphatic carbocycles. The van der Waals surface area contributed by atoms with Crippen molar-refractivity contribution in [2.75, 3.05) is 13.2 Å². The Labute approximate surface area is 188 Å². The number of carbonyl (C=O) groups excluding carboxylic acids is 1. The summed E-state index contributed by atoms with van der Waals surface area (Å²) < 4.78 is 11.8. The van der Waals surface area contributed by atoms with E-state index in [1.807, 2.05) is 37.3 Å². The summed E-state index contributed by atoms with van der Waals surface area (Å²) in [4.78, 5) is 24.8. The average Bonchev–Trinajstić information content (AvgIpc) is 2.95. The van der Waals surface area contributed by atoms with E-state index in [4.69, 9.17) is 38.4 Å². The molecule has 0 radical (unpaired) electrons. The van der Waals surface area contributed by atoms with Crippen molar-refractivity contribution in [3.8, 4) is 11.5 Å². The number of amides is 1. The molecule has 0 spiro atoms. The largest absolute Gasteiger partial charge is 0.490 e. The number of hydrogen-bond acceptors (Lipinski definition) is 6. The van der Waals surface area contributed by atoms with Crippen LogP contribution >= 0.6 is 35.6 Å². The highest BCUT2D eigenvalue weighted by atomic mass is 35.5. The van der Waals surface area contributed by atoms with Crippen LogP contribution in [-0.4, -0.2) is 39.4 Å². The number of thioether (sulfide) groups is 1. The summed E-state index contributed by atoms with van der Waals surface area (Å²) in [6, 6.07) is 13.0. The van der Waals surface area contributed by atoms with Crippen LogP contribution in [0.15, 0.2) is 47.4 Å². The highest BCUT2D eigenvalue weighted by Gasteiger charge is 2.33. The van der Waals surface area contributed by atoms with E-state index in [1.54, 1.807) is 18.2 Å². The highest BCUT2D eigenvalue weighted by molar-refractivity contribution is 8.26. The van der Waals surface area contributed by atoms with E-state index in [0.717, 1.165) is 22.2 Å². The molecule has 1 amide bonds. The zero-order chi connectivity index (χ0) is 21.7. The second kappa shape index (κ2) is 9.97. The molecule has 1 N–H and O–H groups in total. The molecule has 3 rings (SSSR count). The van der Waals surface area contributed by atoms with E-state index in [0.29, 0.717) is 40.2 Å². The summed E-state index contributed by atoms with van der Waals surface area (Å²) in [5.41, 5.74) is 1.61. The van der Waals surface area contributed by atoms with Crippen molar-refractivity contribution >= 4 is 57.9 Å². The van der Waals surface area contributed by atoms with Crippen LogP contribution in [0, 0.1) is 0 Å². The summed E-state index contributed by atoms with van der Waals surface area (Å²) >= 11 is 12.6. The summed E-state index contributed by atoms with van der Waals surface area (Å²) in [5, 5.41) is 9.29. The van der Waals surface area contributed by atoms with Crippen LogP contribution in [0.2, 0.25) is 5.02 Å².